The summed E-state index contributed by atoms with van der Waals surface area (Å²) in [6.07, 6.45) is 2.80. The summed E-state index contributed by atoms with van der Waals surface area (Å²) in [5.41, 5.74) is 6.83. The van der Waals surface area contributed by atoms with Gasteiger partial charge in [-0.1, -0.05) is 13.3 Å². The van der Waals surface area contributed by atoms with Crippen molar-refractivity contribution in [2.45, 2.75) is 38.0 Å². The van der Waals surface area contributed by atoms with E-state index in [-0.39, 0.29) is 4.90 Å². The van der Waals surface area contributed by atoms with Crippen LogP contribution in [-0.2, 0) is 14.8 Å². The van der Waals surface area contributed by atoms with Crippen molar-refractivity contribution in [2.24, 2.45) is 0 Å². The van der Waals surface area contributed by atoms with E-state index in [4.69, 9.17) is 10.5 Å². The van der Waals surface area contributed by atoms with Crippen molar-refractivity contribution in [3.63, 3.8) is 0 Å². The summed E-state index contributed by atoms with van der Waals surface area (Å²) in [6.45, 7) is 5.52. The quantitative estimate of drug-likeness (QED) is 0.540. The summed E-state index contributed by atoms with van der Waals surface area (Å²) in [5, 5.41) is 0. The van der Waals surface area contributed by atoms with Crippen LogP contribution in [0.2, 0.25) is 0 Å². The van der Waals surface area contributed by atoms with Gasteiger partial charge in [0.2, 0.25) is 10.0 Å². The van der Waals surface area contributed by atoms with Crippen molar-refractivity contribution in [1.29, 1.82) is 0 Å². The van der Waals surface area contributed by atoms with Gasteiger partial charge < -0.3 is 10.5 Å². The van der Waals surface area contributed by atoms with E-state index in [0.29, 0.717) is 30.8 Å². The molecule has 0 saturated heterocycles. The lowest BCUT2D eigenvalue weighted by molar-refractivity contribution is 0.130. The highest BCUT2D eigenvalue weighted by molar-refractivity contribution is 7.89. The van der Waals surface area contributed by atoms with Crippen molar-refractivity contribution in [3.8, 4) is 0 Å². The van der Waals surface area contributed by atoms with Gasteiger partial charge in [0.25, 0.3) is 0 Å². The molecule has 0 fully saturated rings. The molecule has 0 aliphatic carbocycles. The maximum absolute atomic E-state index is 12.1. The number of anilines is 1. The van der Waals surface area contributed by atoms with Crippen LogP contribution >= 0.6 is 0 Å². The Kier molecular flexibility index (Phi) is 6.98. The average Bonchev–Trinajstić information content (AvgIpc) is 2.37. The number of nitrogens with two attached hydrogens (primary N) is 1. The molecule has 0 radical (unpaired) electrons. The maximum Gasteiger partial charge on any atom is 0.240 e. The molecule has 0 saturated carbocycles. The van der Waals surface area contributed by atoms with Crippen LogP contribution in [0.25, 0.3) is 0 Å². The minimum atomic E-state index is -3.47. The standard InChI is InChI=1S/C14H24N2O3S/c1-3-4-9-19-10-5-8-16-20(17,18)14-7-6-13(15)11-12(14)2/h6-7,11,16H,3-5,8-10,15H2,1-2H3. The van der Waals surface area contributed by atoms with Crippen molar-refractivity contribution in [2.75, 3.05) is 25.5 Å². The fourth-order valence-corrected chi connectivity index (χ4v) is 3.08. The number of rotatable bonds is 9. The molecule has 0 bridgehead atoms. The van der Waals surface area contributed by atoms with Crippen LogP contribution < -0.4 is 10.5 Å². The molecular formula is C14H24N2O3S. The topological polar surface area (TPSA) is 81.4 Å². The summed E-state index contributed by atoms with van der Waals surface area (Å²) in [6, 6.07) is 4.78. The highest BCUT2D eigenvalue weighted by Crippen LogP contribution is 2.17. The summed E-state index contributed by atoms with van der Waals surface area (Å²) in [4.78, 5) is 0.276. The average molecular weight is 300 g/mol. The van der Waals surface area contributed by atoms with Crippen molar-refractivity contribution in [3.05, 3.63) is 23.8 Å². The molecule has 0 amide bonds. The van der Waals surface area contributed by atoms with Gasteiger partial charge in [-0.15, -0.1) is 0 Å². The van der Waals surface area contributed by atoms with E-state index in [2.05, 4.69) is 11.6 Å². The van der Waals surface area contributed by atoms with E-state index in [1.807, 2.05) is 0 Å². The molecule has 0 aliphatic heterocycles. The van der Waals surface area contributed by atoms with E-state index in [9.17, 15) is 8.42 Å². The number of sulfonamides is 1. The smallest absolute Gasteiger partial charge is 0.240 e. The molecule has 5 nitrogen and oxygen atoms in total. The zero-order chi connectivity index (χ0) is 15.0. The van der Waals surface area contributed by atoms with Gasteiger partial charge in [-0.25, -0.2) is 13.1 Å². The molecule has 1 rings (SSSR count). The number of unbranched alkanes of at least 4 members (excludes halogenated alkanes) is 1. The summed E-state index contributed by atoms with van der Waals surface area (Å²) in [7, 11) is -3.47. The first kappa shape index (κ1) is 16.9. The van der Waals surface area contributed by atoms with Gasteiger partial charge >= 0.3 is 0 Å². The van der Waals surface area contributed by atoms with Gasteiger partial charge in [0.1, 0.15) is 0 Å². The second-order valence-corrected chi connectivity index (χ2v) is 6.48. The van der Waals surface area contributed by atoms with Gasteiger partial charge in [-0.05, 0) is 43.5 Å². The monoisotopic (exact) mass is 300 g/mol. The second-order valence-electron chi connectivity index (χ2n) is 4.74. The van der Waals surface area contributed by atoms with E-state index >= 15 is 0 Å². The first-order chi connectivity index (χ1) is 9.47. The van der Waals surface area contributed by atoms with Crippen LogP contribution in [0.4, 0.5) is 5.69 Å². The predicted octanol–water partition coefficient (Wildman–Crippen LogP) is 2.06. The van der Waals surface area contributed by atoms with Crippen LogP contribution in [0.15, 0.2) is 23.1 Å². The first-order valence-corrected chi connectivity index (χ1v) is 8.39. The molecule has 0 atom stereocenters. The number of hydrogen-bond donors (Lipinski definition) is 2. The van der Waals surface area contributed by atoms with Crippen molar-refractivity contribution >= 4 is 15.7 Å². The van der Waals surface area contributed by atoms with Crippen LogP contribution in [-0.4, -0.2) is 28.2 Å². The van der Waals surface area contributed by atoms with Crippen LogP contribution in [0, 0.1) is 6.92 Å². The zero-order valence-electron chi connectivity index (χ0n) is 12.2. The molecule has 114 valence electrons. The van der Waals surface area contributed by atoms with E-state index < -0.39 is 10.0 Å². The number of nitrogens with one attached hydrogen (secondary N) is 1. The lowest BCUT2D eigenvalue weighted by Gasteiger charge is -2.10. The molecular weight excluding hydrogens is 276 g/mol. The maximum atomic E-state index is 12.1. The predicted molar refractivity (Wildman–Crippen MR) is 81.1 cm³/mol. The molecule has 6 heteroatoms. The van der Waals surface area contributed by atoms with E-state index in [0.717, 1.165) is 19.4 Å². The first-order valence-electron chi connectivity index (χ1n) is 6.91. The van der Waals surface area contributed by atoms with E-state index in [1.165, 1.54) is 6.07 Å². The minimum Gasteiger partial charge on any atom is -0.399 e. The molecule has 20 heavy (non-hydrogen) atoms. The molecule has 1 aromatic carbocycles. The van der Waals surface area contributed by atoms with Crippen molar-refractivity contribution < 1.29 is 13.2 Å². The minimum absolute atomic E-state index is 0.276. The van der Waals surface area contributed by atoms with Crippen LogP contribution in [0.3, 0.4) is 0 Å². The normalized spacial score (nSPS) is 11.7. The Labute approximate surface area is 121 Å². The Hall–Kier alpha value is -1.11. The number of nitrogen functional groups attached to an aromatic ring is 1. The van der Waals surface area contributed by atoms with Gasteiger partial charge in [-0.3, -0.25) is 0 Å². The highest BCUT2D eigenvalue weighted by atomic mass is 32.2. The van der Waals surface area contributed by atoms with E-state index in [1.54, 1.807) is 19.1 Å². The Morgan fingerprint density at radius 2 is 1.95 bits per heavy atom. The fourth-order valence-electron chi connectivity index (χ4n) is 1.78. The summed E-state index contributed by atoms with van der Waals surface area (Å²) in [5.74, 6) is 0. The molecule has 0 heterocycles. The summed E-state index contributed by atoms with van der Waals surface area (Å²) < 4.78 is 32.2. The Morgan fingerprint density at radius 3 is 2.60 bits per heavy atom. The van der Waals surface area contributed by atoms with Gasteiger partial charge in [-0.2, -0.15) is 0 Å². The molecule has 0 aromatic heterocycles. The fraction of sp³-hybridized carbons (Fsp3) is 0.571. The number of benzene rings is 1. The van der Waals surface area contributed by atoms with Gasteiger partial charge in [0.05, 0.1) is 4.90 Å². The lowest BCUT2D eigenvalue weighted by Crippen LogP contribution is -2.26. The zero-order valence-corrected chi connectivity index (χ0v) is 13.0. The largest absolute Gasteiger partial charge is 0.399 e. The molecule has 1 aromatic rings. The Bertz CT molecular complexity index is 515. The third-order valence-corrected chi connectivity index (χ3v) is 4.51. The summed E-state index contributed by atoms with van der Waals surface area (Å²) >= 11 is 0. The third-order valence-electron chi connectivity index (χ3n) is 2.89. The van der Waals surface area contributed by atoms with Crippen LogP contribution in [0.1, 0.15) is 31.7 Å². The number of aryl methyl sites for hydroxylation is 1. The molecule has 0 unspecified atom stereocenters. The van der Waals surface area contributed by atoms with Gasteiger partial charge in [0.15, 0.2) is 0 Å². The lowest BCUT2D eigenvalue weighted by atomic mass is 10.2. The SMILES string of the molecule is CCCCOCCCNS(=O)(=O)c1ccc(N)cc1C. The molecule has 0 spiro atoms. The molecule has 3 N–H and O–H groups in total. The van der Waals surface area contributed by atoms with Crippen molar-refractivity contribution in [1.82, 2.24) is 4.72 Å². The Morgan fingerprint density at radius 1 is 1.25 bits per heavy atom. The van der Waals surface area contributed by atoms with Gasteiger partial charge in [0, 0.05) is 25.4 Å². The Balaban J connectivity index is 2.42. The third kappa shape index (κ3) is 5.48. The second kappa shape index (κ2) is 8.24. The highest BCUT2D eigenvalue weighted by Gasteiger charge is 2.15. The number of ether oxygens (including phenoxy) is 1. The molecule has 0 aliphatic rings. The number of hydrogen-bond acceptors (Lipinski definition) is 4. The van der Waals surface area contributed by atoms with Crippen LogP contribution in [0.5, 0.6) is 0 Å².